The van der Waals surface area contributed by atoms with Crippen LogP contribution in [0, 0.1) is 0 Å². The second kappa shape index (κ2) is 6.91. The van der Waals surface area contributed by atoms with E-state index in [0.29, 0.717) is 11.6 Å². The van der Waals surface area contributed by atoms with Crippen LogP contribution >= 0.6 is 11.6 Å². The zero-order chi connectivity index (χ0) is 12.7. The van der Waals surface area contributed by atoms with Gasteiger partial charge in [0.15, 0.2) is 0 Å². The van der Waals surface area contributed by atoms with E-state index < -0.39 is 0 Å². The first-order chi connectivity index (χ1) is 8.11. The van der Waals surface area contributed by atoms with Crippen LogP contribution in [0.25, 0.3) is 0 Å². The third kappa shape index (κ3) is 5.36. The van der Waals surface area contributed by atoms with E-state index in [-0.39, 0.29) is 24.7 Å². The van der Waals surface area contributed by atoms with E-state index in [0.717, 1.165) is 5.56 Å². The number of rotatable bonds is 5. The van der Waals surface area contributed by atoms with Gasteiger partial charge in [0.1, 0.15) is 0 Å². The lowest BCUT2D eigenvalue weighted by atomic mass is 10.2. The normalized spacial score (nSPS) is 9.76. The highest BCUT2D eigenvalue weighted by molar-refractivity contribution is 6.30. The Morgan fingerprint density at radius 3 is 2.76 bits per heavy atom. The van der Waals surface area contributed by atoms with Crippen molar-refractivity contribution in [2.24, 2.45) is 0 Å². The van der Waals surface area contributed by atoms with E-state index in [1.54, 1.807) is 12.1 Å². The largest absolute Gasteiger partial charge is 0.469 e. The fourth-order valence-electron chi connectivity index (χ4n) is 1.25. The molecule has 1 aromatic rings. The average Bonchev–Trinajstić information content (AvgIpc) is 2.33. The molecule has 0 radical (unpaired) electrons. The number of benzene rings is 1. The second-order valence-electron chi connectivity index (χ2n) is 3.48. The van der Waals surface area contributed by atoms with Crippen LogP contribution in [0.15, 0.2) is 24.3 Å². The Kier molecular flexibility index (Phi) is 5.49. The third-order valence-corrected chi connectivity index (χ3v) is 2.40. The van der Waals surface area contributed by atoms with Crippen molar-refractivity contribution in [3.63, 3.8) is 0 Å². The molecule has 0 saturated heterocycles. The van der Waals surface area contributed by atoms with Crippen LogP contribution in [0.3, 0.4) is 0 Å². The molecule has 0 aromatic heterocycles. The van der Waals surface area contributed by atoms with Gasteiger partial charge in [0.05, 0.1) is 13.5 Å². The number of hydrogen-bond donors (Lipinski definition) is 1. The summed E-state index contributed by atoms with van der Waals surface area (Å²) in [6.45, 7) is 0.403. The minimum atomic E-state index is -0.386. The number of methoxy groups -OCH3 is 1. The highest BCUT2D eigenvalue weighted by Gasteiger charge is 2.06. The summed E-state index contributed by atoms with van der Waals surface area (Å²) in [5.41, 5.74) is 0.920. The minimum absolute atomic E-state index is 0.0951. The Morgan fingerprint density at radius 2 is 2.12 bits per heavy atom. The van der Waals surface area contributed by atoms with Crippen LogP contribution in [-0.4, -0.2) is 19.0 Å². The summed E-state index contributed by atoms with van der Waals surface area (Å²) in [5, 5.41) is 3.33. The first-order valence-electron chi connectivity index (χ1n) is 5.20. The summed E-state index contributed by atoms with van der Waals surface area (Å²) in [7, 11) is 1.30. The molecular formula is C12H14ClNO3. The number of carbonyl (C=O) groups excluding carboxylic acids is 2. The van der Waals surface area contributed by atoms with Gasteiger partial charge < -0.3 is 10.1 Å². The summed E-state index contributed by atoms with van der Waals surface area (Å²) < 4.78 is 4.44. The van der Waals surface area contributed by atoms with Crippen molar-refractivity contribution in [1.82, 2.24) is 5.32 Å². The summed E-state index contributed by atoms with van der Waals surface area (Å²) in [6.07, 6.45) is 0.227. The Balaban J connectivity index is 2.31. The van der Waals surface area contributed by atoms with Gasteiger partial charge >= 0.3 is 5.97 Å². The van der Waals surface area contributed by atoms with E-state index in [2.05, 4.69) is 10.1 Å². The van der Waals surface area contributed by atoms with Gasteiger partial charge in [-0.1, -0.05) is 23.7 Å². The maximum Gasteiger partial charge on any atom is 0.306 e. The molecule has 0 fully saturated rings. The molecule has 0 aliphatic heterocycles. The lowest BCUT2D eigenvalue weighted by Crippen LogP contribution is -2.23. The number of amides is 1. The Morgan fingerprint density at radius 1 is 1.35 bits per heavy atom. The van der Waals surface area contributed by atoms with Crippen LogP contribution < -0.4 is 5.32 Å². The molecule has 1 aromatic carbocycles. The van der Waals surface area contributed by atoms with Crippen molar-refractivity contribution >= 4 is 23.5 Å². The van der Waals surface area contributed by atoms with Gasteiger partial charge in [0.25, 0.3) is 0 Å². The summed E-state index contributed by atoms with van der Waals surface area (Å²) in [4.78, 5) is 22.2. The zero-order valence-electron chi connectivity index (χ0n) is 9.53. The van der Waals surface area contributed by atoms with Crippen LogP contribution in [0.2, 0.25) is 5.02 Å². The molecule has 0 unspecified atom stereocenters. The average molecular weight is 256 g/mol. The molecule has 92 valence electrons. The topological polar surface area (TPSA) is 55.4 Å². The first kappa shape index (κ1) is 13.5. The maximum absolute atomic E-state index is 11.4. The van der Waals surface area contributed by atoms with Crippen LogP contribution in [-0.2, 0) is 20.9 Å². The quantitative estimate of drug-likeness (QED) is 0.818. The maximum atomic E-state index is 11.4. The van der Waals surface area contributed by atoms with Crippen molar-refractivity contribution in [1.29, 1.82) is 0 Å². The standard InChI is InChI=1S/C12H14ClNO3/c1-17-12(16)6-5-11(15)14-8-9-3-2-4-10(13)7-9/h2-4,7H,5-6,8H2,1H3,(H,14,15). The molecule has 1 amide bonds. The fraction of sp³-hybridized carbons (Fsp3) is 0.333. The van der Waals surface area contributed by atoms with Crippen LogP contribution in [0.4, 0.5) is 0 Å². The third-order valence-electron chi connectivity index (χ3n) is 2.16. The summed E-state index contributed by atoms with van der Waals surface area (Å²) in [6, 6.07) is 7.23. The van der Waals surface area contributed by atoms with Crippen molar-refractivity contribution in [3.05, 3.63) is 34.9 Å². The molecule has 0 aliphatic rings. The second-order valence-corrected chi connectivity index (χ2v) is 3.92. The predicted octanol–water partition coefficient (Wildman–Crippen LogP) is 1.91. The Labute approximate surface area is 105 Å². The van der Waals surface area contributed by atoms with Gasteiger partial charge in [-0.05, 0) is 17.7 Å². The Bertz CT molecular complexity index is 406. The summed E-state index contributed by atoms with van der Waals surface area (Å²) in [5.74, 6) is -0.571. The molecule has 0 saturated carbocycles. The highest BCUT2D eigenvalue weighted by atomic mass is 35.5. The van der Waals surface area contributed by atoms with Crippen LogP contribution in [0.1, 0.15) is 18.4 Å². The molecule has 0 atom stereocenters. The molecule has 1 rings (SSSR count). The SMILES string of the molecule is COC(=O)CCC(=O)NCc1cccc(Cl)c1. The molecule has 0 aliphatic carbocycles. The molecule has 1 N–H and O–H groups in total. The van der Waals surface area contributed by atoms with Gasteiger partial charge in [-0.25, -0.2) is 0 Å². The number of hydrogen-bond acceptors (Lipinski definition) is 3. The molecule has 0 spiro atoms. The van der Waals surface area contributed by atoms with Gasteiger partial charge in [-0.2, -0.15) is 0 Å². The number of ether oxygens (including phenoxy) is 1. The Hall–Kier alpha value is -1.55. The molecule has 4 nitrogen and oxygen atoms in total. The smallest absolute Gasteiger partial charge is 0.306 e. The van der Waals surface area contributed by atoms with Crippen molar-refractivity contribution in [3.8, 4) is 0 Å². The predicted molar refractivity (Wildman–Crippen MR) is 64.5 cm³/mol. The molecule has 17 heavy (non-hydrogen) atoms. The molecule has 0 heterocycles. The monoisotopic (exact) mass is 255 g/mol. The molecule has 5 heteroatoms. The van der Waals surface area contributed by atoms with Crippen molar-refractivity contribution in [2.45, 2.75) is 19.4 Å². The number of halogens is 1. The number of nitrogens with one attached hydrogen (secondary N) is 1. The van der Waals surface area contributed by atoms with E-state index in [1.165, 1.54) is 7.11 Å². The number of carbonyl (C=O) groups is 2. The van der Waals surface area contributed by atoms with Gasteiger partial charge in [0, 0.05) is 18.0 Å². The lowest BCUT2D eigenvalue weighted by Gasteiger charge is -2.05. The molecule has 0 bridgehead atoms. The lowest BCUT2D eigenvalue weighted by molar-refractivity contribution is -0.142. The first-order valence-corrected chi connectivity index (χ1v) is 5.57. The van der Waals surface area contributed by atoms with Crippen LogP contribution in [0.5, 0.6) is 0 Å². The number of esters is 1. The van der Waals surface area contributed by atoms with E-state index in [4.69, 9.17) is 11.6 Å². The molecular weight excluding hydrogens is 242 g/mol. The van der Waals surface area contributed by atoms with Gasteiger partial charge in [-0.3, -0.25) is 9.59 Å². The minimum Gasteiger partial charge on any atom is -0.469 e. The van der Waals surface area contributed by atoms with Crippen molar-refractivity contribution < 1.29 is 14.3 Å². The van der Waals surface area contributed by atoms with E-state index >= 15 is 0 Å². The van der Waals surface area contributed by atoms with Gasteiger partial charge in [-0.15, -0.1) is 0 Å². The van der Waals surface area contributed by atoms with Crippen molar-refractivity contribution in [2.75, 3.05) is 7.11 Å². The fourth-order valence-corrected chi connectivity index (χ4v) is 1.47. The zero-order valence-corrected chi connectivity index (χ0v) is 10.3. The van der Waals surface area contributed by atoms with Gasteiger partial charge in [0.2, 0.25) is 5.91 Å². The highest BCUT2D eigenvalue weighted by Crippen LogP contribution is 2.10. The van der Waals surface area contributed by atoms with E-state index in [9.17, 15) is 9.59 Å². The van der Waals surface area contributed by atoms with E-state index in [1.807, 2.05) is 12.1 Å². The summed E-state index contributed by atoms with van der Waals surface area (Å²) >= 11 is 5.81.